The molecule has 0 aliphatic rings. The lowest BCUT2D eigenvalue weighted by molar-refractivity contribution is 0.0683. The highest BCUT2D eigenvalue weighted by Gasteiger charge is 2.25. The van der Waals surface area contributed by atoms with E-state index in [4.69, 9.17) is 39.9 Å². The van der Waals surface area contributed by atoms with E-state index in [2.05, 4.69) is 10.1 Å². The third kappa shape index (κ3) is 2.00. The van der Waals surface area contributed by atoms with E-state index in [-0.39, 0.29) is 0 Å². The fraction of sp³-hybridized carbons (Fsp3) is 0.250. The molecule has 1 aromatic rings. The average Bonchev–Trinajstić information content (AvgIpc) is 2.30. The zero-order chi connectivity index (χ0) is 9.35. The van der Waals surface area contributed by atoms with Crippen LogP contribution in [0.3, 0.4) is 0 Å². The van der Waals surface area contributed by atoms with Gasteiger partial charge in [0.15, 0.2) is 0 Å². The Morgan fingerprint density at radius 3 is 2.42 bits per heavy atom. The van der Waals surface area contributed by atoms with Gasteiger partial charge in [-0.3, -0.25) is 0 Å². The molecule has 0 amide bonds. The lowest BCUT2D eigenvalue weighted by atomic mass is 10.7. The molecular weight excluding hydrogens is 228 g/mol. The largest absolute Gasteiger partial charge is 0.475 e. The molecule has 1 rings (SSSR count). The van der Waals surface area contributed by atoms with E-state index < -0.39 is 15.7 Å². The minimum Gasteiger partial charge on any atom is -0.475 e. The summed E-state index contributed by atoms with van der Waals surface area (Å²) in [5, 5.41) is 11.8. The number of hydrogen-bond donors (Lipinski definition) is 1. The molecule has 1 N–H and O–H groups in total. The summed E-state index contributed by atoms with van der Waals surface area (Å²) in [4.78, 5) is 13.7. The molecule has 0 fully saturated rings. The number of nitrogens with zero attached hydrogens (tertiary/aromatic N) is 3. The fourth-order valence-corrected chi connectivity index (χ4v) is 0.728. The SMILES string of the molecule is O=C(O)c1ncn(C(Cl)(Cl)Cl)n1. The van der Waals surface area contributed by atoms with Gasteiger partial charge in [-0.05, 0) is 0 Å². The van der Waals surface area contributed by atoms with Crippen LogP contribution in [-0.2, 0) is 3.92 Å². The Balaban J connectivity index is 3.00. The Labute approximate surface area is 81.9 Å². The van der Waals surface area contributed by atoms with Crippen molar-refractivity contribution < 1.29 is 9.90 Å². The van der Waals surface area contributed by atoms with Crippen molar-refractivity contribution in [1.29, 1.82) is 0 Å². The van der Waals surface area contributed by atoms with Crippen LogP contribution in [0.1, 0.15) is 10.6 Å². The van der Waals surface area contributed by atoms with Crippen molar-refractivity contribution in [1.82, 2.24) is 14.8 Å². The number of halogens is 3. The molecule has 0 saturated heterocycles. The van der Waals surface area contributed by atoms with Crippen LogP contribution < -0.4 is 0 Å². The van der Waals surface area contributed by atoms with Gasteiger partial charge in [0.05, 0.1) is 0 Å². The van der Waals surface area contributed by atoms with Crippen LogP contribution in [-0.4, -0.2) is 25.8 Å². The fourth-order valence-electron chi connectivity index (χ4n) is 0.483. The molecule has 12 heavy (non-hydrogen) atoms. The lowest BCUT2D eigenvalue weighted by Crippen LogP contribution is -2.14. The molecule has 1 heterocycles. The first kappa shape index (κ1) is 9.57. The van der Waals surface area contributed by atoms with Gasteiger partial charge in [-0.2, -0.15) is 0 Å². The first-order valence-corrected chi connectivity index (χ1v) is 3.77. The number of carboxylic acid groups (broad SMARTS) is 1. The lowest BCUT2D eigenvalue weighted by Gasteiger charge is -2.08. The van der Waals surface area contributed by atoms with Gasteiger partial charge in [0.1, 0.15) is 6.33 Å². The molecule has 0 aliphatic carbocycles. The second kappa shape index (κ2) is 3.08. The van der Waals surface area contributed by atoms with Crippen molar-refractivity contribution in [2.75, 3.05) is 0 Å². The molecule has 8 heteroatoms. The number of alkyl halides is 3. The molecule has 0 aromatic carbocycles. The van der Waals surface area contributed by atoms with E-state index >= 15 is 0 Å². The van der Waals surface area contributed by atoms with Gasteiger partial charge in [0.25, 0.3) is 9.74 Å². The Morgan fingerprint density at radius 2 is 2.17 bits per heavy atom. The maximum atomic E-state index is 10.3. The van der Waals surface area contributed by atoms with Crippen molar-refractivity contribution in [3.63, 3.8) is 0 Å². The molecule has 0 saturated carbocycles. The molecule has 0 atom stereocenters. The summed E-state index contributed by atoms with van der Waals surface area (Å²) in [5.74, 6) is -1.69. The Hall–Kier alpha value is -0.520. The van der Waals surface area contributed by atoms with Crippen molar-refractivity contribution in [3.8, 4) is 0 Å². The number of carboxylic acids is 1. The van der Waals surface area contributed by atoms with Gasteiger partial charge >= 0.3 is 5.97 Å². The van der Waals surface area contributed by atoms with Gasteiger partial charge in [-0.1, -0.05) is 34.8 Å². The summed E-state index contributed by atoms with van der Waals surface area (Å²) in [5.41, 5.74) is 0. The van der Waals surface area contributed by atoms with Gasteiger partial charge in [-0.15, -0.1) is 5.10 Å². The van der Waals surface area contributed by atoms with E-state index in [1.807, 2.05) is 0 Å². The van der Waals surface area contributed by atoms with Crippen LogP contribution in [0.2, 0.25) is 0 Å². The third-order valence-corrected chi connectivity index (χ3v) is 1.46. The van der Waals surface area contributed by atoms with Crippen LogP contribution in [0, 0.1) is 0 Å². The first-order valence-electron chi connectivity index (χ1n) is 2.63. The monoisotopic (exact) mass is 229 g/mol. The second-order valence-electron chi connectivity index (χ2n) is 1.79. The second-order valence-corrected chi connectivity index (χ2v) is 4.01. The summed E-state index contributed by atoms with van der Waals surface area (Å²) in [7, 11) is 0. The van der Waals surface area contributed by atoms with Gasteiger partial charge in [0, 0.05) is 0 Å². The number of aromatic carboxylic acids is 1. The molecule has 0 bridgehead atoms. The topological polar surface area (TPSA) is 68.0 Å². The van der Waals surface area contributed by atoms with E-state index in [1.165, 1.54) is 0 Å². The molecule has 5 nitrogen and oxygen atoms in total. The zero-order valence-electron chi connectivity index (χ0n) is 5.41. The minimum atomic E-state index is -1.80. The van der Waals surface area contributed by atoms with Crippen LogP contribution in [0.5, 0.6) is 0 Å². The summed E-state index contributed by atoms with van der Waals surface area (Å²) < 4.78 is -0.984. The highest BCUT2D eigenvalue weighted by atomic mass is 35.6. The maximum Gasteiger partial charge on any atom is 0.375 e. The summed E-state index contributed by atoms with van der Waals surface area (Å²) in [6, 6.07) is 0. The third-order valence-electron chi connectivity index (χ3n) is 0.943. The number of hydrogen-bond acceptors (Lipinski definition) is 3. The molecule has 1 aromatic heterocycles. The van der Waals surface area contributed by atoms with E-state index in [0.29, 0.717) is 0 Å². The molecule has 0 unspecified atom stereocenters. The van der Waals surface area contributed by atoms with Crippen molar-refractivity contribution in [2.45, 2.75) is 3.92 Å². The highest BCUT2D eigenvalue weighted by Crippen LogP contribution is 2.30. The number of carbonyl (C=O) groups is 1. The molecule has 0 aliphatic heterocycles. The van der Waals surface area contributed by atoms with Crippen LogP contribution in [0.4, 0.5) is 0 Å². The van der Waals surface area contributed by atoms with Gasteiger partial charge in [-0.25, -0.2) is 14.5 Å². The number of rotatable bonds is 1. The Bertz CT molecular complexity index is 305. The van der Waals surface area contributed by atoms with Gasteiger partial charge in [0.2, 0.25) is 0 Å². The molecule has 0 radical (unpaired) electrons. The summed E-state index contributed by atoms with van der Waals surface area (Å²) in [6.07, 6.45) is 1.02. The smallest absolute Gasteiger partial charge is 0.375 e. The molecule has 66 valence electrons. The van der Waals surface area contributed by atoms with E-state index in [0.717, 1.165) is 11.0 Å². The predicted molar refractivity (Wildman–Crippen MR) is 42.5 cm³/mol. The van der Waals surface area contributed by atoms with Crippen LogP contribution in [0.15, 0.2) is 6.33 Å². The quantitative estimate of drug-likeness (QED) is 0.738. The van der Waals surface area contributed by atoms with Crippen molar-refractivity contribution in [3.05, 3.63) is 12.2 Å². The van der Waals surface area contributed by atoms with Crippen LogP contribution in [0.25, 0.3) is 0 Å². The first-order chi connectivity index (χ1) is 5.41. The van der Waals surface area contributed by atoms with E-state index in [1.54, 1.807) is 0 Å². The van der Waals surface area contributed by atoms with Crippen molar-refractivity contribution in [2.24, 2.45) is 0 Å². The Morgan fingerprint density at radius 1 is 1.58 bits per heavy atom. The normalized spacial score (nSPS) is 11.6. The maximum absolute atomic E-state index is 10.3. The summed E-state index contributed by atoms with van der Waals surface area (Å²) in [6.45, 7) is 0. The standard InChI is InChI=1S/C4H2Cl3N3O2/c5-4(6,7)10-1-8-2(9-10)3(11)12/h1H,(H,11,12). The average molecular weight is 230 g/mol. The molecular formula is C4H2Cl3N3O2. The molecule has 0 spiro atoms. The highest BCUT2D eigenvalue weighted by molar-refractivity contribution is 6.64. The number of aromatic nitrogens is 3. The van der Waals surface area contributed by atoms with Crippen molar-refractivity contribution >= 4 is 40.8 Å². The minimum absolute atomic E-state index is 0.415. The summed E-state index contributed by atoms with van der Waals surface area (Å²) >= 11 is 16.1. The Kier molecular flexibility index (Phi) is 2.46. The predicted octanol–water partition coefficient (Wildman–Crippen LogP) is 1.26. The van der Waals surface area contributed by atoms with Gasteiger partial charge < -0.3 is 5.11 Å². The zero-order valence-corrected chi connectivity index (χ0v) is 7.68. The van der Waals surface area contributed by atoms with Crippen LogP contribution >= 0.6 is 34.8 Å². The van der Waals surface area contributed by atoms with E-state index in [9.17, 15) is 4.79 Å².